The van der Waals surface area contributed by atoms with Crippen LogP contribution in [0.3, 0.4) is 0 Å². The molecule has 1 aromatic carbocycles. The van der Waals surface area contributed by atoms with E-state index in [2.05, 4.69) is 17.1 Å². The Kier molecular flexibility index (Phi) is 10.9. The Morgan fingerprint density at radius 1 is 1.31 bits per heavy atom. The maximum absolute atomic E-state index is 12.0. The minimum atomic E-state index is -0.172. The van der Waals surface area contributed by atoms with Crippen molar-refractivity contribution in [1.29, 1.82) is 0 Å². The minimum Gasteiger partial charge on any atom is -0.493 e. The highest BCUT2D eigenvalue weighted by Gasteiger charge is 2.36. The molecule has 1 aliphatic rings. The van der Waals surface area contributed by atoms with Crippen LogP contribution in [0.5, 0.6) is 11.5 Å². The Morgan fingerprint density at radius 2 is 2.03 bits per heavy atom. The van der Waals surface area contributed by atoms with Crippen molar-refractivity contribution < 1.29 is 19.0 Å². The summed E-state index contributed by atoms with van der Waals surface area (Å²) in [5.74, 6) is 1.79. The summed E-state index contributed by atoms with van der Waals surface area (Å²) < 4.78 is 15.9. The van der Waals surface area contributed by atoms with Gasteiger partial charge in [0.2, 0.25) is 0 Å². The second kappa shape index (κ2) is 12.3. The number of halogens is 2. The van der Waals surface area contributed by atoms with Gasteiger partial charge in [-0.05, 0) is 37.5 Å². The van der Waals surface area contributed by atoms with Crippen LogP contribution in [0.4, 0.5) is 0 Å². The van der Waals surface area contributed by atoms with Crippen LogP contribution in [0.2, 0.25) is 5.02 Å². The van der Waals surface area contributed by atoms with Crippen LogP contribution < -0.4 is 14.8 Å². The molecule has 1 saturated heterocycles. The highest BCUT2D eigenvalue weighted by Crippen LogP contribution is 2.36. The number of benzene rings is 1. The van der Waals surface area contributed by atoms with E-state index in [1.54, 1.807) is 7.11 Å². The van der Waals surface area contributed by atoms with Crippen molar-refractivity contribution in [2.45, 2.75) is 27.3 Å². The number of methoxy groups -OCH3 is 2. The monoisotopic (exact) mass is 539 g/mol. The Morgan fingerprint density at radius 3 is 2.62 bits per heavy atom. The van der Waals surface area contributed by atoms with Crippen molar-refractivity contribution in [3.05, 3.63) is 22.7 Å². The Balaban J connectivity index is 0.00000420. The first-order chi connectivity index (χ1) is 13.4. The highest BCUT2D eigenvalue weighted by molar-refractivity contribution is 14.0. The van der Waals surface area contributed by atoms with Gasteiger partial charge >= 0.3 is 5.97 Å². The first kappa shape index (κ1) is 25.6. The molecule has 1 heterocycles. The fraction of sp³-hybridized carbons (Fsp3) is 0.600. The summed E-state index contributed by atoms with van der Waals surface area (Å²) in [6, 6.07) is 3.72. The fourth-order valence-corrected chi connectivity index (χ4v) is 3.63. The maximum atomic E-state index is 12.0. The van der Waals surface area contributed by atoms with Crippen molar-refractivity contribution in [3.63, 3.8) is 0 Å². The summed E-state index contributed by atoms with van der Waals surface area (Å²) >= 11 is 6.35. The van der Waals surface area contributed by atoms with Crippen LogP contribution in [-0.4, -0.2) is 57.3 Å². The number of carbonyl (C=O) groups excluding carboxylic acids is 1. The summed E-state index contributed by atoms with van der Waals surface area (Å²) in [6.45, 7) is 8.98. The minimum absolute atomic E-state index is 0. The van der Waals surface area contributed by atoms with Gasteiger partial charge in [0.1, 0.15) is 0 Å². The van der Waals surface area contributed by atoms with E-state index in [-0.39, 0.29) is 41.8 Å². The lowest BCUT2D eigenvalue weighted by molar-refractivity contribution is -0.145. The number of nitrogens with one attached hydrogen (secondary N) is 1. The van der Waals surface area contributed by atoms with Crippen LogP contribution in [0, 0.1) is 11.8 Å². The van der Waals surface area contributed by atoms with E-state index in [0.29, 0.717) is 36.2 Å². The van der Waals surface area contributed by atoms with Gasteiger partial charge in [-0.2, -0.15) is 0 Å². The van der Waals surface area contributed by atoms with Crippen LogP contribution in [0.1, 0.15) is 26.3 Å². The molecule has 2 unspecified atom stereocenters. The summed E-state index contributed by atoms with van der Waals surface area (Å²) in [5.41, 5.74) is 0.914. The molecule has 2 rings (SSSR count). The predicted molar refractivity (Wildman–Crippen MR) is 126 cm³/mol. The summed E-state index contributed by atoms with van der Waals surface area (Å²) in [7, 11) is 3.02. The molecular formula is C20H31ClIN3O4. The summed E-state index contributed by atoms with van der Waals surface area (Å²) in [5, 5.41) is 3.80. The number of hydrogen-bond acceptors (Lipinski definition) is 5. The largest absolute Gasteiger partial charge is 0.493 e. The average molecular weight is 540 g/mol. The van der Waals surface area contributed by atoms with Crippen LogP contribution in [0.25, 0.3) is 0 Å². The standard InChI is InChI=1S/C20H30ClN3O4.HI/c1-6-22-20(24-11-13(3)15(12-24)19(25)27-5)23-10-14-8-16(21)18(28-7-2)17(9-14)26-4;/h8-9,13,15H,6-7,10-12H2,1-5H3,(H,22,23);1H. The van der Waals surface area contributed by atoms with Gasteiger partial charge in [-0.15, -0.1) is 24.0 Å². The molecule has 0 spiro atoms. The van der Waals surface area contributed by atoms with E-state index < -0.39 is 0 Å². The Bertz CT molecular complexity index is 717. The number of nitrogens with zero attached hydrogens (tertiary/aromatic N) is 2. The molecule has 7 nitrogen and oxygen atoms in total. The number of hydrogen-bond donors (Lipinski definition) is 1. The van der Waals surface area contributed by atoms with Gasteiger partial charge in [-0.1, -0.05) is 18.5 Å². The lowest BCUT2D eigenvalue weighted by atomic mass is 9.99. The summed E-state index contributed by atoms with van der Waals surface area (Å²) in [6.07, 6.45) is 0. The molecule has 1 N–H and O–H groups in total. The predicted octanol–water partition coefficient (Wildman–Crippen LogP) is 3.57. The average Bonchev–Trinajstić information content (AvgIpc) is 3.07. The molecule has 0 aromatic heterocycles. The van der Waals surface area contributed by atoms with Crippen molar-refractivity contribution in [2.24, 2.45) is 16.8 Å². The molecule has 0 radical (unpaired) electrons. The third-order valence-corrected chi connectivity index (χ3v) is 5.02. The summed E-state index contributed by atoms with van der Waals surface area (Å²) in [4.78, 5) is 18.8. The highest BCUT2D eigenvalue weighted by atomic mass is 127. The van der Waals surface area contributed by atoms with E-state index in [4.69, 9.17) is 30.8 Å². The van der Waals surface area contributed by atoms with Crippen molar-refractivity contribution in [2.75, 3.05) is 40.5 Å². The zero-order valence-electron chi connectivity index (χ0n) is 17.7. The van der Waals surface area contributed by atoms with Crippen molar-refractivity contribution in [3.8, 4) is 11.5 Å². The molecule has 1 aromatic rings. The van der Waals surface area contributed by atoms with Gasteiger partial charge in [0, 0.05) is 19.6 Å². The molecule has 0 amide bonds. The normalized spacial score (nSPS) is 18.8. The smallest absolute Gasteiger partial charge is 0.310 e. The number of ether oxygens (including phenoxy) is 3. The van der Waals surface area contributed by atoms with Gasteiger partial charge in [0.25, 0.3) is 0 Å². The number of likely N-dealkylation sites (tertiary alicyclic amines) is 1. The molecule has 0 saturated carbocycles. The molecule has 1 aliphatic heterocycles. The second-order valence-corrected chi connectivity index (χ2v) is 7.13. The molecular weight excluding hydrogens is 509 g/mol. The maximum Gasteiger partial charge on any atom is 0.310 e. The first-order valence-electron chi connectivity index (χ1n) is 9.55. The van der Waals surface area contributed by atoms with Gasteiger partial charge in [-0.25, -0.2) is 4.99 Å². The van der Waals surface area contributed by atoms with Crippen molar-refractivity contribution >= 4 is 47.5 Å². The molecule has 1 fully saturated rings. The van der Waals surface area contributed by atoms with E-state index in [1.807, 2.05) is 26.0 Å². The number of esters is 1. The van der Waals surface area contributed by atoms with Crippen LogP contribution in [-0.2, 0) is 16.1 Å². The topological polar surface area (TPSA) is 72.4 Å². The van der Waals surface area contributed by atoms with Gasteiger partial charge in [-0.3, -0.25) is 4.79 Å². The van der Waals surface area contributed by atoms with Gasteiger partial charge < -0.3 is 24.4 Å². The van der Waals surface area contributed by atoms with Gasteiger partial charge in [0.05, 0.1) is 38.3 Å². The quantitative estimate of drug-likeness (QED) is 0.247. The molecule has 164 valence electrons. The SMILES string of the molecule is CCNC(=NCc1cc(Cl)c(OCC)c(OC)c1)N1CC(C)C(C(=O)OC)C1.I. The van der Waals surface area contributed by atoms with E-state index in [1.165, 1.54) is 7.11 Å². The first-order valence-corrected chi connectivity index (χ1v) is 9.93. The molecule has 9 heteroatoms. The molecule has 29 heavy (non-hydrogen) atoms. The molecule has 0 aliphatic carbocycles. The van der Waals surface area contributed by atoms with Crippen LogP contribution in [0.15, 0.2) is 17.1 Å². The van der Waals surface area contributed by atoms with E-state index in [0.717, 1.165) is 24.6 Å². The molecule has 2 atom stereocenters. The van der Waals surface area contributed by atoms with E-state index >= 15 is 0 Å². The third-order valence-electron chi connectivity index (χ3n) is 4.74. The Hall–Kier alpha value is -1.42. The van der Waals surface area contributed by atoms with Crippen molar-refractivity contribution in [1.82, 2.24) is 10.2 Å². The zero-order chi connectivity index (χ0) is 20.7. The van der Waals surface area contributed by atoms with E-state index in [9.17, 15) is 4.79 Å². The second-order valence-electron chi connectivity index (χ2n) is 6.72. The number of guanidine groups is 1. The fourth-order valence-electron chi connectivity index (χ4n) is 3.34. The van der Waals surface area contributed by atoms with Crippen LogP contribution >= 0.6 is 35.6 Å². The number of aliphatic imine (C=N–C) groups is 1. The lowest BCUT2D eigenvalue weighted by Crippen LogP contribution is -2.40. The lowest BCUT2D eigenvalue weighted by Gasteiger charge is -2.21. The van der Waals surface area contributed by atoms with Gasteiger partial charge in [0.15, 0.2) is 17.5 Å². The number of rotatable bonds is 7. The number of carbonyl (C=O) groups is 1. The third kappa shape index (κ3) is 6.53. The zero-order valence-corrected chi connectivity index (χ0v) is 20.7. The molecule has 0 bridgehead atoms. The Labute approximate surface area is 195 Å².